The maximum Gasteiger partial charge on any atom is 0.247 e. The first-order chi connectivity index (χ1) is 10.2. The Hall–Kier alpha value is -2.82. The van der Waals surface area contributed by atoms with E-state index >= 15 is 0 Å². The van der Waals surface area contributed by atoms with Crippen LogP contribution < -0.4 is 5.32 Å². The third-order valence-electron chi connectivity index (χ3n) is 3.08. The Bertz CT molecular complexity index is 718. The first-order valence-electron chi connectivity index (χ1n) is 6.63. The SMILES string of the molecule is Cc1ccc(NCc2nnc(-c3ccc(O)cc3)o2)cc1. The molecule has 0 amide bonds. The molecule has 3 aromatic rings. The Kier molecular flexibility index (Phi) is 3.55. The van der Waals surface area contributed by atoms with Gasteiger partial charge in [-0.25, -0.2) is 0 Å². The molecule has 0 unspecified atom stereocenters. The Morgan fingerprint density at radius 2 is 1.71 bits per heavy atom. The lowest BCUT2D eigenvalue weighted by Gasteiger charge is -2.03. The molecule has 0 saturated heterocycles. The van der Waals surface area contributed by atoms with Crippen molar-refractivity contribution in [2.75, 3.05) is 5.32 Å². The predicted molar refractivity (Wildman–Crippen MR) is 79.9 cm³/mol. The van der Waals surface area contributed by atoms with Gasteiger partial charge in [-0.2, -0.15) is 0 Å². The van der Waals surface area contributed by atoms with Gasteiger partial charge in [-0.3, -0.25) is 0 Å². The standard InChI is InChI=1S/C16H15N3O2/c1-11-2-6-13(7-3-11)17-10-15-18-19-16(21-15)12-4-8-14(20)9-5-12/h2-9,17,20H,10H2,1H3. The van der Waals surface area contributed by atoms with Crippen LogP contribution in [0.2, 0.25) is 0 Å². The van der Waals surface area contributed by atoms with Crippen LogP contribution >= 0.6 is 0 Å². The van der Waals surface area contributed by atoms with Crippen molar-refractivity contribution in [1.82, 2.24) is 10.2 Å². The summed E-state index contributed by atoms with van der Waals surface area (Å²) in [6.07, 6.45) is 0. The summed E-state index contributed by atoms with van der Waals surface area (Å²) in [5.41, 5.74) is 3.00. The van der Waals surface area contributed by atoms with Crippen LogP contribution in [0.25, 0.3) is 11.5 Å². The van der Waals surface area contributed by atoms with Crippen LogP contribution in [0.5, 0.6) is 5.75 Å². The second-order valence-corrected chi connectivity index (χ2v) is 4.77. The van der Waals surface area contributed by atoms with Crippen molar-refractivity contribution < 1.29 is 9.52 Å². The number of nitrogens with zero attached hydrogens (tertiary/aromatic N) is 2. The van der Waals surface area contributed by atoms with Crippen LogP contribution in [0.4, 0.5) is 5.69 Å². The first kappa shape index (κ1) is 13.2. The molecular weight excluding hydrogens is 266 g/mol. The second kappa shape index (κ2) is 5.66. The zero-order valence-electron chi connectivity index (χ0n) is 11.6. The number of phenolic OH excluding ortho intramolecular Hbond substituents is 1. The molecule has 3 rings (SSSR count). The Balaban J connectivity index is 1.67. The fourth-order valence-corrected chi connectivity index (χ4v) is 1.89. The van der Waals surface area contributed by atoms with Gasteiger partial charge in [0.15, 0.2) is 0 Å². The Morgan fingerprint density at radius 1 is 1.00 bits per heavy atom. The summed E-state index contributed by atoms with van der Waals surface area (Å²) >= 11 is 0. The number of aromatic hydroxyl groups is 1. The van der Waals surface area contributed by atoms with Crippen molar-refractivity contribution in [3.63, 3.8) is 0 Å². The van der Waals surface area contributed by atoms with E-state index < -0.39 is 0 Å². The summed E-state index contributed by atoms with van der Waals surface area (Å²) in [5.74, 6) is 1.16. The van der Waals surface area contributed by atoms with Crippen molar-refractivity contribution in [3.05, 3.63) is 60.0 Å². The van der Waals surface area contributed by atoms with Gasteiger partial charge in [-0.1, -0.05) is 17.7 Å². The molecule has 2 aromatic carbocycles. The number of phenols is 1. The predicted octanol–water partition coefficient (Wildman–Crippen LogP) is 3.36. The third kappa shape index (κ3) is 3.20. The quantitative estimate of drug-likeness (QED) is 0.767. The molecule has 0 fully saturated rings. The average Bonchev–Trinajstić information content (AvgIpc) is 2.96. The van der Waals surface area contributed by atoms with E-state index in [0.29, 0.717) is 18.3 Å². The summed E-state index contributed by atoms with van der Waals surface area (Å²) in [7, 11) is 0. The topological polar surface area (TPSA) is 71.2 Å². The molecule has 106 valence electrons. The molecule has 5 heteroatoms. The molecule has 0 bridgehead atoms. The highest BCUT2D eigenvalue weighted by atomic mass is 16.4. The molecule has 0 radical (unpaired) electrons. The minimum atomic E-state index is 0.208. The number of rotatable bonds is 4. The number of aryl methyl sites for hydroxylation is 1. The van der Waals surface area contributed by atoms with Crippen molar-refractivity contribution in [2.24, 2.45) is 0 Å². The first-order valence-corrected chi connectivity index (χ1v) is 6.63. The fraction of sp³-hybridized carbons (Fsp3) is 0.125. The van der Waals surface area contributed by atoms with Gasteiger partial charge in [0.1, 0.15) is 5.75 Å². The molecule has 5 nitrogen and oxygen atoms in total. The van der Waals surface area contributed by atoms with E-state index in [0.717, 1.165) is 11.3 Å². The molecule has 2 N–H and O–H groups in total. The minimum absolute atomic E-state index is 0.208. The van der Waals surface area contributed by atoms with Crippen LogP contribution in [0.3, 0.4) is 0 Å². The van der Waals surface area contributed by atoms with E-state index in [4.69, 9.17) is 4.42 Å². The molecule has 0 aliphatic rings. The minimum Gasteiger partial charge on any atom is -0.508 e. The second-order valence-electron chi connectivity index (χ2n) is 4.77. The van der Waals surface area contributed by atoms with Crippen LogP contribution in [0.1, 0.15) is 11.5 Å². The Morgan fingerprint density at radius 3 is 2.43 bits per heavy atom. The highest BCUT2D eigenvalue weighted by Gasteiger charge is 2.08. The number of nitrogens with one attached hydrogen (secondary N) is 1. The molecule has 21 heavy (non-hydrogen) atoms. The van der Waals surface area contributed by atoms with Gasteiger partial charge < -0.3 is 14.8 Å². The van der Waals surface area contributed by atoms with E-state index in [1.807, 2.05) is 31.2 Å². The van der Waals surface area contributed by atoms with Gasteiger partial charge in [0.05, 0.1) is 6.54 Å². The van der Waals surface area contributed by atoms with Gasteiger partial charge in [-0.15, -0.1) is 10.2 Å². The molecule has 1 aromatic heterocycles. The molecule has 0 aliphatic heterocycles. The maximum atomic E-state index is 9.26. The van der Waals surface area contributed by atoms with Crippen LogP contribution in [0, 0.1) is 6.92 Å². The molecular formula is C16H15N3O2. The zero-order valence-corrected chi connectivity index (χ0v) is 11.6. The molecule has 1 heterocycles. The average molecular weight is 281 g/mol. The van der Waals surface area contributed by atoms with Crippen LogP contribution in [-0.4, -0.2) is 15.3 Å². The highest BCUT2D eigenvalue weighted by molar-refractivity contribution is 5.53. The van der Waals surface area contributed by atoms with Crippen molar-refractivity contribution in [2.45, 2.75) is 13.5 Å². The molecule has 0 atom stereocenters. The van der Waals surface area contributed by atoms with Crippen molar-refractivity contribution in [1.29, 1.82) is 0 Å². The van der Waals surface area contributed by atoms with E-state index in [-0.39, 0.29) is 5.75 Å². The van der Waals surface area contributed by atoms with Crippen molar-refractivity contribution in [3.8, 4) is 17.2 Å². The highest BCUT2D eigenvalue weighted by Crippen LogP contribution is 2.20. The summed E-state index contributed by atoms with van der Waals surface area (Å²) in [6, 6.07) is 14.7. The summed E-state index contributed by atoms with van der Waals surface area (Å²) in [4.78, 5) is 0. The zero-order chi connectivity index (χ0) is 14.7. The van der Waals surface area contributed by atoms with E-state index in [2.05, 4.69) is 15.5 Å². The normalized spacial score (nSPS) is 10.5. The maximum absolute atomic E-state index is 9.26. The fourth-order valence-electron chi connectivity index (χ4n) is 1.89. The smallest absolute Gasteiger partial charge is 0.247 e. The summed E-state index contributed by atoms with van der Waals surface area (Å²) < 4.78 is 5.59. The molecule has 0 spiro atoms. The number of hydrogen-bond donors (Lipinski definition) is 2. The van der Waals surface area contributed by atoms with E-state index in [1.165, 1.54) is 5.56 Å². The number of benzene rings is 2. The van der Waals surface area contributed by atoms with Crippen LogP contribution in [0.15, 0.2) is 52.9 Å². The number of aromatic nitrogens is 2. The van der Waals surface area contributed by atoms with Crippen molar-refractivity contribution >= 4 is 5.69 Å². The summed E-state index contributed by atoms with van der Waals surface area (Å²) in [6.45, 7) is 2.51. The van der Waals surface area contributed by atoms with Gasteiger partial charge in [0.2, 0.25) is 11.8 Å². The number of hydrogen-bond acceptors (Lipinski definition) is 5. The monoisotopic (exact) mass is 281 g/mol. The van der Waals surface area contributed by atoms with E-state index in [1.54, 1.807) is 24.3 Å². The van der Waals surface area contributed by atoms with Gasteiger partial charge in [-0.05, 0) is 43.3 Å². The van der Waals surface area contributed by atoms with Gasteiger partial charge >= 0.3 is 0 Å². The van der Waals surface area contributed by atoms with E-state index in [9.17, 15) is 5.11 Å². The Labute approximate surface area is 122 Å². The van der Waals surface area contributed by atoms with Gasteiger partial charge in [0.25, 0.3) is 0 Å². The number of anilines is 1. The van der Waals surface area contributed by atoms with Crippen LogP contribution in [-0.2, 0) is 6.54 Å². The molecule has 0 aliphatic carbocycles. The lowest BCUT2D eigenvalue weighted by molar-refractivity contribution is 0.475. The third-order valence-corrected chi connectivity index (χ3v) is 3.08. The molecule has 0 saturated carbocycles. The lowest BCUT2D eigenvalue weighted by Crippen LogP contribution is -1.99. The lowest BCUT2D eigenvalue weighted by atomic mass is 10.2. The largest absolute Gasteiger partial charge is 0.508 e. The van der Waals surface area contributed by atoms with Gasteiger partial charge in [0, 0.05) is 11.3 Å². The summed E-state index contributed by atoms with van der Waals surface area (Å²) in [5, 5.41) is 20.5.